The molecule has 0 radical (unpaired) electrons. The first kappa shape index (κ1) is 20.9. The summed E-state index contributed by atoms with van der Waals surface area (Å²) in [5.41, 5.74) is 4.89. The number of nitrogens with zero attached hydrogens (tertiary/aromatic N) is 2. The van der Waals surface area contributed by atoms with E-state index in [-0.39, 0.29) is 11.7 Å². The van der Waals surface area contributed by atoms with Gasteiger partial charge in [0.1, 0.15) is 11.3 Å². The number of rotatable bonds is 11. The van der Waals surface area contributed by atoms with Crippen LogP contribution in [0.25, 0.3) is 11.1 Å². The van der Waals surface area contributed by atoms with E-state index < -0.39 is 0 Å². The molecule has 0 atom stereocenters. The molecule has 0 saturated carbocycles. The molecule has 1 aromatic heterocycles. The lowest BCUT2D eigenvalue weighted by Gasteiger charge is -2.05. The number of thioether (sulfide) groups is 1. The summed E-state index contributed by atoms with van der Waals surface area (Å²) < 4.78 is 11.3. The standard InChI is InChI=1S/C22H25N3O3S/c1-2-3-4-7-14-27-18-12-10-17(11-13-18)15-23-25-21(26)16-29-22-24-19-8-5-6-9-20(19)28-22/h5-6,8-13,15H,2-4,7,14,16H2,1H3,(H,25,26)/b23-15-. The molecule has 0 fully saturated rings. The normalized spacial score (nSPS) is 11.2. The molecule has 1 amide bonds. The minimum atomic E-state index is -0.222. The molecule has 1 heterocycles. The SMILES string of the molecule is CCCCCCOc1ccc(/C=N\NC(=O)CSc2nc3ccccc3o2)cc1. The Hall–Kier alpha value is -2.80. The summed E-state index contributed by atoms with van der Waals surface area (Å²) in [7, 11) is 0. The number of carbonyl (C=O) groups excluding carboxylic acids is 1. The van der Waals surface area contributed by atoms with Crippen LogP contribution in [-0.4, -0.2) is 29.5 Å². The van der Waals surface area contributed by atoms with E-state index in [1.807, 2.05) is 48.5 Å². The van der Waals surface area contributed by atoms with Crippen LogP contribution in [0.1, 0.15) is 38.2 Å². The molecule has 152 valence electrons. The maximum atomic E-state index is 11.9. The second kappa shape index (κ2) is 11.3. The number of nitrogens with one attached hydrogen (secondary N) is 1. The first-order valence-electron chi connectivity index (χ1n) is 9.78. The van der Waals surface area contributed by atoms with E-state index in [9.17, 15) is 4.79 Å². The number of fused-ring (bicyclic) bond motifs is 1. The Morgan fingerprint density at radius 1 is 1.17 bits per heavy atom. The first-order valence-corrected chi connectivity index (χ1v) is 10.8. The molecule has 0 aliphatic rings. The maximum absolute atomic E-state index is 11.9. The fourth-order valence-electron chi connectivity index (χ4n) is 2.62. The third-order valence-electron chi connectivity index (χ3n) is 4.15. The Labute approximate surface area is 174 Å². The maximum Gasteiger partial charge on any atom is 0.257 e. The molecule has 0 saturated heterocycles. The predicted octanol–water partition coefficient (Wildman–Crippen LogP) is 5.03. The highest BCUT2D eigenvalue weighted by atomic mass is 32.2. The molecule has 0 bridgehead atoms. The van der Waals surface area contributed by atoms with Crippen LogP contribution in [0.2, 0.25) is 0 Å². The van der Waals surface area contributed by atoms with Crippen molar-refractivity contribution in [2.24, 2.45) is 5.10 Å². The Bertz CT molecular complexity index is 905. The zero-order chi connectivity index (χ0) is 20.3. The third-order valence-corrected chi connectivity index (χ3v) is 4.98. The van der Waals surface area contributed by atoms with Gasteiger partial charge >= 0.3 is 0 Å². The Morgan fingerprint density at radius 2 is 2.00 bits per heavy atom. The van der Waals surface area contributed by atoms with Gasteiger partial charge in [0.05, 0.1) is 18.6 Å². The lowest BCUT2D eigenvalue weighted by atomic mass is 10.2. The van der Waals surface area contributed by atoms with Crippen LogP contribution in [0.15, 0.2) is 63.3 Å². The zero-order valence-electron chi connectivity index (χ0n) is 16.5. The van der Waals surface area contributed by atoms with Crippen molar-refractivity contribution in [3.63, 3.8) is 0 Å². The van der Waals surface area contributed by atoms with Gasteiger partial charge in [-0.15, -0.1) is 0 Å². The monoisotopic (exact) mass is 411 g/mol. The van der Waals surface area contributed by atoms with Crippen molar-refractivity contribution in [1.82, 2.24) is 10.4 Å². The van der Waals surface area contributed by atoms with Gasteiger partial charge in [-0.05, 0) is 48.4 Å². The summed E-state index contributed by atoms with van der Waals surface area (Å²) in [5.74, 6) is 0.799. The summed E-state index contributed by atoms with van der Waals surface area (Å²) in [6.45, 7) is 2.93. The van der Waals surface area contributed by atoms with Gasteiger partial charge in [0.15, 0.2) is 5.58 Å². The molecule has 3 aromatic rings. The highest BCUT2D eigenvalue weighted by Crippen LogP contribution is 2.22. The number of aromatic nitrogens is 1. The van der Waals surface area contributed by atoms with Crippen LogP contribution in [0.5, 0.6) is 5.75 Å². The van der Waals surface area contributed by atoms with Crippen molar-refractivity contribution in [3.8, 4) is 5.75 Å². The highest BCUT2D eigenvalue weighted by molar-refractivity contribution is 7.99. The topological polar surface area (TPSA) is 76.7 Å². The number of hydrogen-bond acceptors (Lipinski definition) is 6. The van der Waals surface area contributed by atoms with E-state index in [2.05, 4.69) is 22.4 Å². The van der Waals surface area contributed by atoms with Crippen molar-refractivity contribution in [1.29, 1.82) is 0 Å². The molecule has 2 aromatic carbocycles. The fraction of sp³-hybridized carbons (Fsp3) is 0.318. The smallest absolute Gasteiger partial charge is 0.257 e. The average molecular weight is 412 g/mol. The molecule has 1 N–H and O–H groups in total. The second-order valence-corrected chi connectivity index (χ2v) is 7.43. The van der Waals surface area contributed by atoms with Crippen LogP contribution in [0.4, 0.5) is 0 Å². The average Bonchev–Trinajstić information content (AvgIpc) is 3.16. The van der Waals surface area contributed by atoms with Gasteiger partial charge in [-0.3, -0.25) is 4.79 Å². The number of oxazole rings is 1. The molecule has 29 heavy (non-hydrogen) atoms. The molecule has 0 aliphatic carbocycles. The number of hydrogen-bond donors (Lipinski definition) is 1. The molecule has 3 rings (SSSR count). The van der Waals surface area contributed by atoms with Crippen LogP contribution in [0.3, 0.4) is 0 Å². The van der Waals surface area contributed by atoms with E-state index in [4.69, 9.17) is 9.15 Å². The van der Waals surface area contributed by atoms with Gasteiger partial charge < -0.3 is 9.15 Å². The Kier molecular flexibility index (Phi) is 8.12. The minimum absolute atomic E-state index is 0.176. The number of amides is 1. The van der Waals surface area contributed by atoms with Crippen molar-refractivity contribution in [2.75, 3.05) is 12.4 Å². The van der Waals surface area contributed by atoms with Gasteiger partial charge in [-0.2, -0.15) is 5.10 Å². The Morgan fingerprint density at radius 3 is 2.79 bits per heavy atom. The van der Waals surface area contributed by atoms with Crippen molar-refractivity contribution < 1.29 is 13.9 Å². The number of benzene rings is 2. The third kappa shape index (κ3) is 6.94. The fourth-order valence-corrected chi connectivity index (χ4v) is 3.25. The first-order chi connectivity index (χ1) is 14.2. The summed E-state index contributed by atoms with van der Waals surface area (Å²) >= 11 is 1.23. The van der Waals surface area contributed by atoms with E-state index in [0.717, 1.165) is 29.9 Å². The summed E-state index contributed by atoms with van der Waals surface area (Å²) in [6.07, 6.45) is 6.35. The van der Waals surface area contributed by atoms with E-state index in [0.29, 0.717) is 10.8 Å². The van der Waals surface area contributed by atoms with Crippen molar-refractivity contribution in [2.45, 2.75) is 37.8 Å². The van der Waals surface area contributed by atoms with E-state index >= 15 is 0 Å². The second-order valence-electron chi connectivity index (χ2n) is 6.51. The van der Waals surface area contributed by atoms with E-state index in [1.165, 1.54) is 31.0 Å². The van der Waals surface area contributed by atoms with Gasteiger partial charge in [0.2, 0.25) is 0 Å². The summed E-state index contributed by atoms with van der Waals surface area (Å²) in [6, 6.07) is 15.1. The molecule has 0 unspecified atom stereocenters. The van der Waals surface area contributed by atoms with E-state index in [1.54, 1.807) is 6.21 Å². The van der Waals surface area contributed by atoms with Gasteiger partial charge in [0.25, 0.3) is 11.1 Å². The number of unbranched alkanes of at least 4 members (excludes halogenated alkanes) is 3. The van der Waals surface area contributed by atoms with Gasteiger partial charge in [0, 0.05) is 0 Å². The van der Waals surface area contributed by atoms with Crippen LogP contribution < -0.4 is 10.2 Å². The van der Waals surface area contributed by atoms with Crippen molar-refractivity contribution in [3.05, 3.63) is 54.1 Å². The summed E-state index contributed by atoms with van der Waals surface area (Å²) in [4.78, 5) is 16.3. The largest absolute Gasteiger partial charge is 0.494 e. The number of hydrazone groups is 1. The highest BCUT2D eigenvalue weighted by Gasteiger charge is 2.08. The molecule has 0 spiro atoms. The van der Waals surface area contributed by atoms with Crippen LogP contribution in [-0.2, 0) is 4.79 Å². The van der Waals surface area contributed by atoms with Crippen LogP contribution in [0, 0.1) is 0 Å². The zero-order valence-corrected chi connectivity index (χ0v) is 17.3. The predicted molar refractivity (Wildman–Crippen MR) is 117 cm³/mol. The molecule has 0 aliphatic heterocycles. The lowest BCUT2D eigenvalue weighted by molar-refractivity contribution is -0.118. The van der Waals surface area contributed by atoms with Gasteiger partial charge in [-0.25, -0.2) is 10.4 Å². The van der Waals surface area contributed by atoms with Crippen LogP contribution >= 0.6 is 11.8 Å². The molecular weight excluding hydrogens is 386 g/mol. The number of para-hydroxylation sites is 2. The quantitative estimate of drug-likeness (QED) is 0.207. The minimum Gasteiger partial charge on any atom is -0.494 e. The molecular formula is C22H25N3O3S. The Balaban J connectivity index is 1.38. The molecule has 7 heteroatoms. The summed E-state index contributed by atoms with van der Waals surface area (Å²) in [5, 5.41) is 4.46. The lowest BCUT2D eigenvalue weighted by Crippen LogP contribution is -2.19. The number of ether oxygens (including phenoxy) is 1. The van der Waals surface area contributed by atoms with Gasteiger partial charge in [-0.1, -0.05) is 50.1 Å². The number of carbonyl (C=O) groups is 1. The molecule has 6 nitrogen and oxygen atoms in total. The van der Waals surface area contributed by atoms with Crippen molar-refractivity contribution >= 4 is 35.0 Å².